The molecule has 0 radical (unpaired) electrons. The van der Waals surface area contributed by atoms with Crippen LogP contribution in [0.25, 0.3) is 0 Å². The van der Waals surface area contributed by atoms with Crippen LogP contribution in [0.3, 0.4) is 0 Å². The normalized spacial score (nSPS) is 10.8. The van der Waals surface area contributed by atoms with E-state index in [0.717, 1.165) is 13.1 Å². The van der Waals surface area contributed by atoms with Crippen molar-refractivity contribution in [2.24, 2.45) is 0 Å². The summed E-state index contributed by atoms with van der Waals surface area (Å²) in [7, 11) is -15.5. The van der Waals surface area contributed by atoms with Gasteiger partial charge in [0.15, 0.2) is 0 Å². The van der Waals surface area contributed by atoms with Crippen molar-refractivity contribution >= 4 is 31.5 Å². The van der Waals surface area contributed by atoms with Gasteiger partial charge < -0.3 is 5.32 Å². The third-order valence-electron chi connectivity index (χ3n) is 0.500. The maximum atomic E-state index is 10.2. The Morgan fingerprint density at radius 2 is 0.800 bits per heavy atom. The van der Waals surface area contributed by atoms with Gasteiger partial charge in [0, 0.05) is 0 Å². The zero-order chi connectivity index (χ0) is 17.6. The van der Waals surface area contributed by atoms with Crippen LogP contribution in [0.15, 0.2) is 0 Å². The first kappa shape index (κ1) is 27.8. The Morgan fingerprint density at radius 1 is 0.700 bits per heavy atom. The summed E-state index contributed by atoms with van der Waals surface area (Å²) in [5.74, 6) is 0. The van der Waals surface area contributed by atoms with Crippen molar-refractivity contribution in [3.63, 3.8) is 0 Å². The summed E-state index contributed by atoms with van der Waals surface area (Å²) in [5, 5.41) is 3.11. The highest BCUT2D eigenvalue weighted by atomic mass is 32.3. The molecule has 16 heteroatoms. The Bertz CT molecular complexity index is 401. The van der Waals surface area contributed by atoms with Crippen LogP contribution in [-0.2, 0) is 31.5 Å². The maximum absolute atomic E-state index is 10.2. The highest BCUT2D eigenvalue weighted by Gasteiger charge is 1.90. The van der Waals surface area contributed by atoms with E-state index in [0.29, 0.717) is 0 Å². The molecule has 0 aromatic heterocycles. The van der Waals surface area contributed by atoms with Gasteiger partial charge in [0.05, 0.1) is 0 Å². The molecule has 10 nitrogen and oxygen atoms in total. The lowest BCUT2D eigenvalue weighted by atomic mass is 10.7. The molecular weight excluding hydrogens is 359 g/mol. The van der Waals surface area contributed by atoms with E-state index in [1.54, 1.807) is 0 Å². The maximum Gasteiger partial charge on any atom is 0.435 e. The van der Waals surface area contributed by atoms with Crippen molar-refractivity contribution in [2.75, 3.05) is 13.1 Å². The third kappa shape index (κ3) is 2170. The lowest BCUT2D eigenvalue weighted by Gasteiger charge is -1.86. The molecule has 20 heavy (non-hydrogen) atoms. The van der Waals surface area contributed by atoms with Gasteiger partial charge in [-0.2, -0.15) is 25.3 Å². The van der Waals surface area contributed by atoms with E-state index < -0.39 is 31.5 Å². The van der Waals surface area contributed by atoms with Gasteiger partial charge in [0.1, 0.15) is 0 Å². The summed E-state index contributed by atoms with van der Waals surface area (Å²) >= 11 is 0. The molecule has 0 amide bonds. The second kappa shape index (κ2) is 13.5. The molecule has 0 bridgehead atoms. The molecule has 0 aliphatic heterocycles. The van der Waals surface area contributed by atoms with E-state index in [1.807, 2.05) is 0 Å². The highest BCUT2D eigenvalue weighted by Crippen LogP contribution is 1.75. The largest absolute Gasteiger partial charge is 0.435 e. The van der Waals surface area contributed by atoms with Crippen LogP contribution in [0, 0.1) is 0 Å². The minimum atomic E-state index is -5.17. The molecule has 0 saturated heterocycles. The minimum absolute atomic E-state index is 1.09. The van der Waals surface area contributed by atoms with Crippen LogP contribution in [0.4, 0.5) is 11.7 Å². The zero-order valence-electron chi connectivity index (χ0n) is 10.1. The van der Waals surface area contributed by atoms with Crippen LogP contribution < -0.4 is 5.32 Å². The monoisotopic (exact) mass is 373 g/mol. The fourth-order valence-electron chi connectivity index (χ4n) is 0.250. The second-order valence-electron chi connectivity index (χ2n) is 2.19. The Kier molecular flexibility index (Phi) is 18.7. The van der Waals surface area contributed by atoms with Crippen molar-refractivity contribution < 1.29 is 50.6 Å². The van der Waals surface area contributed by atoms with Crippen LogP contribution >= 0.6 is 0 Å². The average Bonchev–Trinajstić information content (AvgIpc) is 1.94. The van der Waals surface area contributed by atoms with Crippen LogP contribution in [0.2, 0.25) is 0 Å². The first-order valence-electron chi connectivity index (χ1n) is 4.13. The molecule has 4 N–H and O–H groups in total. The molecule has 0 aliphatic rings. The number of halogens is 3. The number of hydrogen-bond donors (Lipinski definition) is 4. The quantitative estimate of drug-likeness (QED) is 0.377. The van der Waals surface area contributed by atoms with E-state index >= 15 is 0 Å². The van der Waals surface area contributed by atoms with Crippen molar-refractivity contribution in [1.29, 1.82) is 0 Å². The van der Waals surface area contributed by atoms with Crippen molar-refractivity contribution in [1.82, 2.24) is 5.32 Å². The average molecular weight is 373 g/mol. The van der Waals surface area contributed by atoms with Gasteiger partial charge in [0.2, 0.25) is 0 Å². The Balaban J connectivity index is -0.0000000853. The predicted molar refractivity (Wildman–Crippen MR) is 62.2 cm³/mol. The minimum Gasteiger partial charge on any atom is -0.317 e. The van der Waals surface area contributed by atoms with Crippen molar-refractivity contribution in [2.45, 2.75) is 13.8 Å². The van der Waals surface area contributed by atoms with Gasteiger partial charge in [-0.3, -0.25) is 13.7 Å². The molecule has 0 heterocycles. The molecule has 0 atom stereocenters. The summed E-state index contributed by atoms with van der Waals surface area (Å²) < 4.78 is 102. The van der Waals surface area contributed by atoms with Crippen molar-refractivity contribution in [3.8, 4) is 0 Å². The van der Waals surface area contributed by atoms with E-state index in [9.17, 15) is 11.7 Å². The van der Waals surface area contributed by atoms with Gasteiger partial charge >= 0.3 is 31.5 Å². The van der Waals surface area contributed by atoms with E-state index in [2.05, 4.69) is 19.2 Å². The second-order valence-corrected chi connectivity index (χ2v) is 4.67. The van der Waals surface area contributed by atoms with E-state index in [1.165, 1.54) is 0 Å². The number of nitrogens with one attached hydrogen (secondary N) is 1. The van der Waals surface area contributed by atoms with Crippen LogP contribution in [0.1, 0.15) is 13.8 Å². The summed E-state index contributed by atoms with van der Waals surface area (Å²) in [4.78, 5) is 0. The molecule has 0 rings (SSSR count). The smallest absolute Gasteiger partial charge is 0.317 e. The summed E-state index contributed by atoms with van der Waals surface area (Å²) in [6.07, 6.45) is 0. The van der Waals surface area contributed by atoms with Gasteiger partial charge in [-0.1, -0.05) is 25.5 Å². The lowest BCUT2D eigenvalue weighted by molar-refractivity contribution is 0.432. The molecule has 0 unspecified atom stereocenters. The predicted octanol–water partition coefficient (Wildman–Crippen LogP) is -0.108. The highest BCUT2D eigenvalue weighted by molar-refractivity contribution is 7.80. The van der Waals surface area contributed by atoms with Gasteiger partial charge in [-0.15, -0.1) is 0 Å². The van der Waals surface area contributed by atoms with Gasteiger partial charge in [-0.25, -0.2) is 0 Å². The topological polar surface area (TPSA) is 175 Å². The molecular formula is C4H14F3NO9S3. The molecule has 0 aromatic rings. The first-order chi connectivity index (χ1) is 8.41. The Hall–Kier alpha value is -0.520. The Labute approximate surface area is 115 Å². The molecule has 0 spiro atoms. The Morgan fingerprint density at radius 3 is 0.800 bits per heavy atom. The molecule has 0 saturated carbocycles. The summed E-state index contributed by atoms with van der Waals surface area (Å²) in [6, 6.07) is 0. The van der Waals surface area contributed by atoms with Gasteiger partial charge in [-0.05, 0) is 13.1 Å². The third-order valence-corrected chi connectivity index (χ3v) is 0.500. The van der Waals surface area contributed by atoms with Crippen molar-refractivity contribution in [3.05, 3.63) is 0 Å². The molecule has 0 aliphatic carbocycles. The molecule has 128 valence electrons. The SMILES string of the molecule is CCNCC.O=S(=O)(O)F.O=S(=O)(O)F.O=S(=O)(O)F. The fourth-order valence-corrected chi connectivity index (χ4v) is 0.250. The standard InChI is InChI=1S/C4H11N.3FHO3S/c1-3-5-4-2;3*1-5(2,3)4/h5H,3-4H2,1-2H3;3*(H,2,3,4). The zero-order valence-corrected chi connectivity index (χ0v) is 12.5. The summed E-state index contributed by atoms with van der Waals surface area (Å²) in [5.41, 5.74) is 0. The van der Waals surface area contributed by atoms with E-state index in [-0.39, 0.29) is 0 Å². The van der Waals surface area contributed by atoms with Gasteiger partial charge in [0.25, 0.3) is 0 Å². The molecule has 0 aromatic carbocycles. The summed E-state index contributed by atoms with van der Waals surface area (Å²) in [6.45, 7) is 6.39. The lowest BCUT2D eigenvalue weighted by Crippen LogP contribution is -2.09. The van der Waals surface area contributed by atoms with E-state index in [4.69, 9.17) is 38.9 Å². The molecule has 0 fully saturated rings. The van der Waals surface area contributed by atoms with Crippen LogP contribution in [0.5, 0.6) is 0 Å². The van der Waals surface area contributed by atoms with Crippen LogP contribution in [-0.4, -0.2) is 52.0 Å². The fraction of sp³-hybridized carbons (Fsp3) is 1.00. The first-order valence-corrected chi connectivity index (χ1v) is 8.15. The number of hydrogen-bond acceptors (Lipinski definition) is 7. The number of rotatable bonds is 2.